The highest BCUT2D eigenvalue weighted by Crippen LogP contribution is 2.21. The molecule has 78 valence electrons. The Balaban J connectivity index is 3.17. The Labute approximate surface area is 83.8 Å². The first-order valence-corrected chi connectivity index (χ1v) is 3.93. The van der Waals surface area contributed by atoms with E-state index in [1.54, 1.807) is 6.07 Å². The number of alkyl halides is 2. The lowest BCUT2D eigenvalue weighted by Gasteiger charge is -2.05. The molecule has 1 aromatic rings. The summed E-state index contributed by atoms with van der Waals surface area (Å²) in [6.07, 6.45) is -2.42. The first-order valence-electron chi connectivity index (χ1n) is 3.93. The van der Waals surface area contributed by atoms with Crippen LogP contribution in [0.4, 0.5) is 8.78 Å². The summed E-state index contributed by atoms with van der Waals surface area (Å²) in [7, 11) is 0. The maximum Gasteiger partial charge on any atom is 0.307 e. The third kappa shape index (κ3) is 2.71. The van der Waals surface area contributed by atoms with Gasteiger partial charge in [-0.3, -0.25) is 9.78 Å². The van der Waals surface area contributed by atoms with Crippen molar-refractivity contribution in [2.45, 2.75) is 12.8 Å². The molecule has 0 aliphatic rings. The van der Waals surface area contributed by atoms with E-state index in [1.165, 1.54) is 0 Å². The lowest BCUT2D eigenvalue weighted by molar-refractivity contribution is -0.136. The van der Waals surface area contributed by atoms with Crippen molar-refractivity contribution < 1.29 is 18.7 Å². The fourth-order valence-electron chi connectivity index (χ4n) is 1.08. The molecule has 0 bridgehead atoms. The van der Waals surface area contributed by atoms with Crippen molar-refractivity contribution in [3.63, 3.8) is 0 Å². The number of carbonyl (C=O) groups is 1. The molecule has 6 heteroatoms. The number of hydrogen-bond donors (Lipinski definition) is 1. The van der Waals surface area contributed by atoms with Gasteiger partial charge >= 0.3 is 5.97 Å². The molecule has 0 saturated carbocycles. The van der Waals surface area contributed by atoms with Gasteiger partial charge in [-0.1, -0.05) is 0 Å². The molecule has 15 heavy (non-hydrogen) atoms. The number of carboxylic acids is 1. The Morgan fingerprint density at radius 1 is 1.67 bits per heavy atom. The molecule has 0 radical (unpaired) electrons. The van der Waals surface area contributed by atoms with Gasteiger partial charge in [0, 0.05) is 6.20 Å². The van der Waals surface area contributed by atoms with E-state index in [9.17, 15) is 13.6 Å². The Morgan fingerprint density at radius 2 is 2.33 bits per heavy atom. The van der Waals surface area contributed by atoms with Crippen LogP contribution in [0.2, 0.25) is 0 Å². The minimum absolute atomic E-state index is 0.0654. The van der Waals surface area contributed by atoms with Crippen molar-refractivity contribution in [1.82, 2.24) is 4.98 Å². The molecule has 1 heterocycles. The monoisotopic (exact) mass is 212 g/mol. The van der Waals surface area contributed by atoms with E-state index in [0.29, 0.717) is 0 Å². The predicted molar refractivity (Wildman–Crippen MR) is 45.2 cm³/mol. The van der Waals surface area contributed by atoms with Crippen LogP contribution in [0.15, 0.2) is 12.3 Å². The Bertz CT molecular complexity index is 427. The van der Waals surface area contributed by atoms with Crippen LogP contribution in [0.25, 0.3) is 0 Å². The summed E-state index contributed by atoms with van der Waals surface area (Å²) in [6.45, 7) is 0. The highest BCUT2D eigenvalue weighted by molar-refractivity contribution is 5.70. The number of hydrogen-bond acceptors (Lipinski definition) is 3. The predicted octanol–water partition coefficient (Wildman–Crippen LogP) is 1.52. The summed E-state index contributed by atoms with van der Waals surface area (Å²) in [6, 6.07) is 2.82. The van der Waals surface area contributed by atoms with E-state index in [1.807, 2.05) is 0 Å². The van der Waals surface area contributed by atoms with E-state index in [4.69, 9.17) is 10.4 Å². The van der Waals surface area contributed by atoms with E-state index < -0.39 is 24.5 Å². The molecule has 0 spiro atoms. The van der Waals surface area contributed by atoms with Gasteiger partial charge in [0.1, 0.15) is 11.8 Å². The van der Waals surface area contributed by atoms with Crippen molar-refractivity contribution >= 4 is 5.97 Å². The first kappa shape index (κ1) is 11.0. The molecule has 0 aliphatic heterocycles. The number of halogens is 2. The van der Waals surface area contributed by atoms with Crippen LogP contribution in [-0.2, 0) is 11.2 Å². The molecule has 1 aromatic heterocycles. The average molecular weight is 212 g/mol. The summed E-state index contributed by atoms with van der Waals surface area (Å²) in [5, 5.41) is 17.0. The van der Waals surface area contributed by atoms with E-state index in [2.05, 4.69) is 4.98 Å². The molecular weight excluding hydrogens is 206 g/mol. The molecule has 0 amide bonds. The van der Waals surface area contributed by atoms with E-state index in [-0.39, 0.29) is 11.1 Å². The number of pyridine rings is 1. The van der Waals surface area contributed by atoms with Crippen molar-refractivity contribution in [2.24, 2.45) is 0 Å². The van der Waals surface area contributed by atoms with Gasteiger partial charge in [0.25, 0.3) is 6.43 Å². The zero-order chi connectivity index (χ0) is 11.4. The smallest absolute Gasteiger partial charge is 0.307 e. The van der Waals surface area contributed by atoms with Crippen LogP contribution < -0.4 is 0 Å². The lowest BCUT2D eigenvalue weighted by atomic mass is 10.1. The van der Waals surface area contributed by atoms with Gasteiger partial charge < -0.3 is 5.11 Å². The molecule has 0 aliphatic carbocycles. The topological polar surface area (TPSA) is 74.0 Å². The van der Waals surface area contributed by atoms with Gasteiger partial charge in [-0.15, -0.1) is 0 Å². The van der Waals surface area contributed by atoms with Crippen LogP contribution >= 0.6 is 0 Å². The molecule has 4 nitrogen and oxygen atoms in total. The Kier molecular flexibility index (Phi) is 3.29. The molecule has 0 unspecified atom stereocenters. The highest BCUT2D eigenvalue weighted by atomic mass is 19.3. The van der Waals surface area contributed by atoms with Gasteiger partial charge in [0.2, 0.25) is 0 Å². The highest BCUT2D eigenvalue weighted by Gasteiger charge is 2.17. The second kappa shape index (κ2) is 4.46. The van der Waals surface area contributed by atoms with Crippen molar-refractivity contribution in [1.29, 1.82) is 5.26 Å². The molecule has 0 aromatic carbocycles. The standard InChI is InChI=1S/C9H6F2N2O2/c10-9(11)8-6(2-7(14)15)1-5(3-12)4-13-8/h1,4,9H,2H2,(H,14,15). The summed E-state index contributed by atoms with van der Waals surface area (Å²) in [4.78, 5) is 13.8. The first-order chi connectivity index (χ1) is 7.04. The molecule has 1 rings (SSSR count). The van der Waals surface area contributed by atoms with Gasteiger partial charge in [-0.25, -0.2) is 8.78 Å². The molecule has 0 atom stereocenters. The SMILES string of the molecule is N#Cc1cnc(C(F)F)c(CC(=O)O)c1. The summed E-state index contributed by atoms with van der Waals surface area (Å²) >= 11 is 0. The minimum atomic E-state index is -2.84. The Morgan fingerprint density at radius 3 is 2.80 bits per heavy atom. The average Bonchev–Trinajstić information content (AvgIpc) is 2.16. The largest absolute Gasteiger partial charge is 0.481 e. The van der Waals surface area contributed by atoms with E-state index >= 15 is 0 Å². The third-order valence-electron chi connectivity index (χ3n) is 1.68. The van der Waals surface area contributed by atoms with Crippen LogP contribution in [0.1, 0.15) is 23.2 Å². The third-order valence-corrected chi connectivity index (χ3v) is 1.68. The maximum absolute atomic E-state index is 12.4. The molecule has 0 fully saturated rings. The number of carboxylic acid groups (broad SMARTS) is 1. The van der Waals surface area contributed by atoms with Crippen molar-refractivity contribution in [3.8, 4) is 6.07 Å². The minimum Gasteiger partial charge on any atom is -0.481 e. The number of rotatable bonds is 3. The quantitative estimate of drug-likeness (QED) is 0.824. The van der Waals surface area contributed by atoms with Gasteiger partial charge in [-0.2, -0.15) is 5.26 Å². The Hall–Kier alpha value is -2.03. The lowest BCUT2D eigenvalue weighted by Crippen LogP contribution is -2.06. The number of nitriles is 1. The summed E-state index contributed by atoms with van der Waals surface area (Å²) < 4.78 is 24.8. The number of nitrogens with zero attached hydrogens (tertiary/aromatic N) is 2. The fraction of sp³-hybridized carbons (Fsp3) is 0.222. The van der Waals surface area contributed by atoms with Crippen LogP contribution in [0, 0.1) is 11.3 Å². The maximum atomic E-state index is 12.4. The summed E-state index contributed by atoms with van der Waals surface area (Å²) in [5.41, 5.74) is -0.649. The molecule has 0 saturated heterocycles. The van der Waals surface area contributed by atoms with Crippen molar-refractivity contribution in [3.05, 3.63) is 29.1 Å². The second-order valence-corrected chi connectivity index (χ2v) is 2.75. The second-order valence-electron chi connectivity index (χ2n) is 2.75. The summed E-state index contributed by atoms with van der Waals surface area (Å²) in [5.74, 6) is -1.24. The van der Waals surface area contributed by atoms with Crippen molar-refractivity contribution in [2.75, 3.05) is 0 Å². The number of aliphatic carboxylic acids is 1. The fourth-order valence-corrected chi connectivity index (χ4v) is 1.08. The van der Waals surface area contributed by atoms with E-state index in [0.717, 1.165) is 12.3 Å². The van der Waals surface area contributed by atoms with Gasteiger partial charge in [-0.05, 0) is 11.6 Å². The zero-order valence-corrected chi connectivity index (χ0v) is 7.44. The molecular formula is C9H6F2N2O2. The van der Waals surface area contributed by atoms with Gasteiger partial charge in [0.05, 0.1) is 12.0 Å². The normalized spacial score (nSPS) is 10.0. The van der Waals surface area contributed by atoms with Crippen LogP contribution in [-0.4, -0.2) is 16.1 Å². The zero-order valence-electron chi connectivity index (χ0n) is 7.44. The molecule has 1 N–H and O–H groups in total. The van der Waals surface area contributed by atoms with Crippen LogP contribution in [0.5, 0.6) is 0 Å². The number of aromatic nitrogens is 1. The van der Waals surface area contributed by atoms with Gasteiger partial charge in [0.15, 0.2) is 0 Å². The van der Waals surface area contributed by atoms with Crippen LogP contribution in [0.3, 0.4) is 0 Å².